The summed E-state index contributed by atoms with van der Waals surface area (Å²) >= 11 is 2.95. The molecule has 2 N–H and O–H groups in total. The van der Waals surface area contributed by atoms with Gasteiger partial charge in [-0.15, -0.1) is 0 Å². The number of hydrogen-bond acceptors (Lipinski definition) is 4. The molecule has 0 radical (unpaired) electrons. The first-order valence-corrected chi connectivity index (χ1v) is 11.7. The molecule has 2 aromatic carbocycles. The number of halogens is 4. The summed E-state index contributed by atoms with van der Waals surface area (Å²) in [7, 11) is -4.36. The van der Waals surface area contributed by atoms with Crippen molar-refractivity contribution in [3.8, 4) is 0 Å². The summed E-state index contributed by atoms with van der Waals surface area (Å²) in [5.41, 5.74) is -0.205. The van der Waals surface area contributed by atoms with E-state index in [1.165, 1.54) is 12.1 Å². The molecule has 1 saturated heterocycles. The molecule has 1 fully saturated rings. The van der Waals surface area contributed by atoms with Crippen molar-refractivity contribution in [1.82, 2.24) is 9.62 Å². The normalized spacial score (nSPS) is 16.4. The molecule has 1 aliphatic heterocycles. The van der Waals surface area contributed by atoms with Crippen LogP contribution in [0.3, 0.4) is 0 Å². The monoisotopic (exact) mass is 520 g/mol. The van der Waals surface area contributed by atoms with Gasteiger partial charge in [-0.3, -0.25) is 4.90 Å². The van der Waals surface area contributed by atoms with Gasteiger partial charge in [-0.25, -0.2) is 17.9 Å². The molecule has 31 heavy (non-hydrogen) atoms. The number of benzene rings is 2. The van der Waals surface area contributed by atoms with Crippen molar-refractivity contribution in [2.24, 2.45) is 0 Å². The van der Waals surface area contributed by atoms with Crippen LogP contribution in [0.5, 0.6) is 0 Å². The number of likely N-dealkylation sites (tertiary alicyclic amines) is 1. The van der Waals surface area contributed by atoms with Gasteiger partial charge in [-0.05, 0) is 48.7 Å². The molecular formula is C20H20BrF3N2O4S. The fourth-order valence-electron chi connectivity index (χ4n) is 3.51. The van der Waals surface area contributed by atoms with E-state index in [0.29, 0.717) is 32.5 Å². The van der Waals surface area contributed by atoms with Gasteiger partial charge in [-0.2, -0.15) is 13.2 Å². The molecule has 0 amide bonds. The predicted molar refractivity (Wildman–Crippen MR) is 111 cm³/mol. The number of carbonyl (C=O) groups is 1. The van der Waals surface area contributed by atoms with E-state index >= 15 is 0 Å². The lowest BCUT2D eigenvalue weighted by atomic mass is 10.0. The first-order chi connectivity index (χ1) is 14.5. The zero-order chi connectivity index (χ0) is 22.8. The van der Waals surface area contributed by atoms with Crippen LogP contribution in [0.25, 0.3) is 0 Å². The maximum absolute atomic E-state index is 13.3. The van der Waals surface area contributed by atoms with Crippen LogP contribution in [-0.2, 0) is 22.7 Å². The summed E-state index contributed by atoms with van der Waals surface area (Å²) in [6.45, 7) is 1.55. The largest absolute Gasteiger partial charge is 0.478 e. The molecule has 1 heterocycles. The van der Waals surface area contributed by atoms with Crippen LogP contribution in [0.4, 0.5) is 13.2 Å². The number of nitrogens with zero attached hydrogens (tertiary/aromatic N) is 1. The molecule has 1 aliphatic rings. The lowest BCUT2D eigenvalue weighted by Crippen LogP contribution is -2.44. The highest BCUT2D eigenvalue weighted by molar-refractivity contribution is 9.10. The summed E-state index contributed by atoms with van der Waals surface area (Å²) < 4.78 is 67.8. The van der Waals surface area contributed by atoms with Gasteiger partial charge in [0.25, 0.3) is 0 Å². The van der Waals surface area contributed by atoms with E-state index in [0.717, 1.165) is 17.7 Å². The van der Waals surface area contributed by atoms with Gasteiger partial charge in [-0.1, -0.05) is 28.1 Å². The molecule has 2 aromatic rings. The van der Waals surface area contributed by atoms with Crippen molar-refractivity contribution in [2.45, 2.75) is 36.5 Å². The van der Waals surface area contributed by atoms with Crippen molar-refractivity contribution < 1.29 is 31.5 Å². The molecule has 0 aliphatic carbocycles. The topological polar surface area (TPSA) is 86.7 Å². The Kier molecular flexibility index (Phi) is 7.09. The Labute approximate surface area is 186 Å². The average Bonchev–Trinajstić information content (AvgIpc) is 2.68. The van der Waals surface area contributed by atoms with Gasteiger partial charge in [0, 0.05) is 30.1 Å². The number of alkyl halides is 3. The molecule has 3 rings (SSSR count). The van der Waals surface area contributed by atoms with Crippen LogP contribution in [0.15, 0.2) is 51.8 Å². The minimum Gasteiger partial charge on any atom is -0.478 e. The highest BCUT2D eigenvalue weighted by atomic mass is 79.9. The van der Waals surface area contributed by atoms with Gasteiger partial charge >= 0.3 is 12.1 Å². The van der Waals surface area contributed by atoms with E-state index < -0.39 is 38.7 Å². The van der Waals surface area contributed by atoms with E-state index in [2.05, 4.69) is 20.7 Å². The third kappa shape index (κ3) is 6.06. The maximum atomic E-state index is 13.3. The highest BCUT2D eigenvalue weighted by Gasteiger charge is 2.38. The number of sulfonamides is 1. The number of piperidine rings is 1. The molecule has 11 heteroatoms. The first kappa shape index (κ1) is 23.7. The van der Waals surface area contributed by atoms with E-state index in [1.54, 1.807) is 12.1 Å². The molecular weight excluding hydrogens is 501 g/mol. The van der Waals surface area contributed by atoms with Crippen molar-refractivity contribution in [3.05, 3.63) is 63.6 Å². The van der Waals surface area contributed by atoms with E-state index in [9.17, 15) is 26.4 Å². The summed E-state index contributed by atoms with van der Waals surface area (Å²) in [6.07, 6.45) is -3.95. The summed E-state index contributed by atoms with van der Waals surface area (Å²) in [5.74, 6) is -1.01. The number of carboxylic acids is 1. The Bertz CT molecular complexity index is 1070. The van der Waals surface area contributed by atoms with Crippen molar-refractivity contribution in [3.63, 3.8) is 0 Å². The Hall–Kier alpha value is -1.95. The second-order valence-electron chi connectivity index (χ2n) is 7.32. The summed E-state index contributed by atoms with van der Waals surface area (Å²) in [5, 5.41) is 9.09. The van der Waals surface area contributed by atoms with Crippen LogP contribution in [-0.4, -0.2) is 43.5 Å². The van der Waals surface area contributed by atoms with Crippen molar-refractivity contribution in [2.75, 3.05) is 13.1 Å². The molecule has 0 spiro atoms. The first-order valence-electron chi connectivity index (χ1n) is 9.39. The minimum absolute atomic E-state index is 0.138. The lowest BCUT2D eigenvalue weighted by molar-refractivity contribution is -0.139. The number of rotatable bonds is 6. The number of carboxylic acid groups (broad SMARTS) is 1. The standard InChI is InChI=1S/C20H20BrF3N2O4S/c21-15-4-5-18(17(11-15)20(22,23)24)31(29,30)25-16-6-8-26(9-7-16)12-13-2-1-3-14(10-13)19(27)28/h1-5,10-11,16,25H,6-9,12H2,(H,27,28). The number of aromatic carboxylic acids is 1. The molecule has 0 unspecified atom stereocenters. The Balaban J connectivity index is 1.65. The minimum atomic E-state index is -4.80. The smallest absolute Gasteiger partial charge is 0.417 e. The van der Waals surface area contributed by atoms with Gasteiger partial charge in [0.1, 0.15) is 0 Å². The average molecular weight is 521 g/mol. The fraction of sp³-hybridized carbons (Fsp3) is 0.350. The quantitative estimate of drug-likeness (QED) is 0.598. The van der Waals surface area contributed by atoms with E-state index in [4.69, 9.17) is 5.11 Å². The van der Waals surface area contributed by atoms with Crippen LogP contribution < -0.4 is 4.72 Å². The molecule has 6 nitrogen and oxygen atoms in total. The third-order valence-corrected chi connectivity index (χ3v) is 7.10. The second-order valence-corrected chi connectivity index (χ2v) is 9.91. The second kappa shape index (κ2) is 9.27. The zero-order valence-corrected chi connectivity index (χ0v) is 18.6. The Morgan fingerprint density at radius 2 is 1.84 bits per heavy atom. The fourth-order valence-corrected chi connectivity index (χ4v) is 5.38. The van der Waals surface area contributed by atoms with Gasteiger partial charge in [0.05, 0.1) is 16.0 Å². The summed E-state index contributed by atoms with van der Waals surface area (Å²) in [4.78, 5) is 12.3. The molecule has 0 atom stereocenters. The zero-order valence-electron chi connectivity index (χ0n) is 16.2. The van der Waals surface area contributed by atoms with Gasteiger partial charge < -0.3 is 5.11 Å². The van der Waals surface area contributed by atoms with Crippen LogP contribution in [0.2, 0.25) is 0 Å². The maximum Gasteiger partial charge on any atom is 0.417 e. The Morgan fingerprint density at radius 1 is 1.16 bits per heavy atom. The lowest BCUT2D eigenvalue weighted by Gasteiger charge is -2.32. The third-order valence-electron chi connectivity index (χ3n) is 5.03. The van der Waals surface area contributed by atoms with Crippen LogP contribution in [0.1, 0.15) is 34.3 Å². The molecule has 0 bridgehead atoms. The summed E-state index contributed by atoms with van der Waals surface area (Å²) in [6, 6.07) is 9.04. The van der Waals surface area contributed by atoms with Crippen LogP contribution in [0, 0.1) is 0 Å². The molecule has 0 aromatic heterocycles. The highest BCUT2D eigenvalue weighted by Crippen LogP contribution is 2.36. The van der Waals surface area contributed by atoms with E-state index in [-0.39, 0.29) is 10.0 Å². The number of hydrogen-bond donors (Lipinski definition) is 2. The predicted octanol–water partition coefficient (Wildman–Crippen LogP) is 4.11. The van der Waals surface area contributed by atoms with Crippen LogP contribution >= 0.6 is 15.9 Å². The molecule has 0 saturated carbocycles. The molecule has 168 valence electrons. The van der Waals surface area contributed by atoms with Crippen molar-refractivity contribution >= 4 is 31.9 Å². The van der Waals surface area contributed by atoms with Gasteiger partial charge in [0.2, 0.25) is 10.0 Å². The SMILES string of the molecule is O=C(O)c1cccc(CN2CCC(NS(=O)(=O)c3ccc(Br)cc3C(F)(F)F)CC2)c1. The van der Waals surface area contributed by atoms with Crippen molar-refractivity contribution in [1.29, 1.82) is 0 Å². The number of nitrogens with one attached hydrogen (secondary N) is 1. The Morgan fingerprint density at radius 3 is 2.45 bits per heavy atom. The van der Waals surface area contributed by atoms with Gasteiger partial charge in [0.15, 0.2) is 0 Å². The van der Waals surface area contributed by atoms with E-state index in [1.807, 2.05) is 11.0 Å².